The highest BCUT2D eigenvalue weighted by Crippen LogP contribution is 2.30. The van der Waals surface area contributed by atoms with Crippen LogP contribution in [0, 0.1) is 17.6 Å². The molecule has 1 saturated heterocycles. The van der Waals surface area contributed by atoms with Crippen LogP contribution in [0.2, 0.25) is 0 Å². The zero-order valence-corrected chi connectivity index (χ0v) is 21.2. The highest BCUT2D eigenvalue weighted by atomic mass is 35.5. The molecule has 35 heavy (non-hydrogen) atoms. The zero-order valence-electron chi connectivity index (χ0n) is 20.4. The number of likely N-dealkylation sites (tertiary alicyclic amines) is 1. The Morgan fingerprint density at radius 1 is 0.971 bits per heavy atom. The van der Waals surface area contributed by atoms with E-state index in [4.69, 9.17) is 5.73 Å². The molecule has 1 aliphatic rings. The molecule has 1 unspecified atom stereocenters. The third kappa shape index (κ3) is 8.58. The smallest absolute Gasteiger partial charge is 0.237 e. The van der Waals surface area contributed by atoms with Gasteiger partial charge < -0.3 is 16.0 Å². The zero-order chi connectivity index (χ0) is 24.7. The third-order valence-electron chi connectivity index (χ3n) is 6.45. The van der Waals surface area contributed by atoms with Crippen molar-refractivity contribution in [1.29, 1.82) is 0 Å². The number of hydrogen-bond donors (Lipinski definition) is 2. The summed E-state index contributed by atoms with van der Waals surface area (Å²) in [6, 6.07) is 12.0. The predicted molar refractivity (Wildman–Crippen MR) is 136 cm³/mol. The van der Waals surface area contributed by atoms with Crippen molar-refractivity contribution >= 4 is 24.2 Å². The van der Waals surface area contributed by atoms with E-state index in [1.165, 1.54) is 24.3 Å². The topological polar surface area (TPSA) is 75.4 Å². The van der Waals surface area contributed by atoms with Crippen LogP contribution in [0.25, 0.3) is 0 Å². The maximum absolute atomic E-state index is 13.4. The lowest BCUT2D eigenvalue weighted by Gasteiger charge is -2.33. The van der Waals surface area contributed by atoms with E-state index < -0.39 is 6.04 Å². The number of amides is 2. The molecule has 5 nitrogen and oxygen atoms in total. The summed E-state index contributed by atoms with van der Waals surface area (Å²) in [6.07, 6.45) is 2.91. The van der Waals surface area contributed by atoms with Crippen LogP contribution in [0.5, 0.6) is 0 Å². The second-order valence-electron chi connectivity index (χ2n) is 9.59. The van der Waals surface area contributed by atoms with Crippen LogP contribution in [0.4, 0.5) is 8.78 Å². The van der Waals surface area contributed by atoms with Gasteiger partial charge in [-0.15, -0.1) is 12.4 Å². The molecule has 3 rings (SSSR count). The SMILES string of the molecule is CC(C)CC(N)C(=O)NC1CCN(C(=O)CCC(c2ccc(F)cc2)c2ccc(F)cc2)CC1.Cl. The lowest BCUT2D eigenvalue weighted by atomic mass is 9.87. The van der Waals surface area contributed by atoms with E-state index in [0.717, 1.165) is 11.1 Å². The second kappa shape index (κ2) is 13.5. The van der Waals surface area contributed by atoms with Gasteiger partial charge in [0.05, 0.1) is 6.04 Å². The van der Waals surface area contributed by atoms with Crippen LogP contribution >= 0.6 is 12.4 Å². The molecule has 2 amide bonds. The van der Waals surface area contributed by atoms with Crippen molar-refractivity contribution in [2.45, 2.75) is 64.0 Å². The number of benzene rings is 2. The number of carbonyl (C=O) groups is 2. The van der Waals surface area contributed by atoms with Crippen LogP contribution < -0.4 is 11.1 Å². The highest BCUT2D eigenvalue weighted by molar-refractivity contribution is 5.85. The monoisotopic (exact) mass is 507 g/mol. The van der Waals surface area contributed by atoms with Gasteiger partial charge in [0.1, 0.15) is 11.6 Å². The van der Waals surface area contributed by atoms with Gasteiger partial charge >= 0.3 is 0 Å². The predicted octanol–water partition coefficient (Wildman–Crippen LogP) is 4.78. The lowest BCUT2D eigenvalue weighted by molar-refractivity contribution is -0.132. The van der Waals surface area contributed by atoms with Gasteiger partial charge in [-0.05, 0) is 67.0 Å². The quantitative estimate of drug-likeness (QED) is 0.513. The lowest BCUT2D eigenvalue weighted by Crippen LogP contribution is -2.50. The van der Waals surface area contributed by atoms with Gasteiger partial charge in [0.2, 0.25) is 11.8 Å². The Bertz CT molecular complexity index is 900. The fourth-order valence-corrected chi connectivity index (χ4v) is 4.54. The number of halogens is 3. The molecular weight excluding hydrogens is 472 g/mol. The van der Waals surface area contributed by atoms with Crippen molar-refractivity contribution < 1.29 is 18.4 Å². The molecule has 1 aliphatic heterocycles. The van der Waals surface area contributed by atoms with Gasteiger partial charge in [-0.2, -0.15) is 0 Å². The summed E-state index contributed by atoms with van der Waals surface area (Å²) in [5.41, 5.74) is 7.75. The van der Waals surface area contributed by atoms with Crippen molar-refractivity contribution in [3.05, 3.63) is 71.3 Å². The van der Waals surface area contributed by atoms with E-state index >= 15 is 0 Å². The number of nitrogens with zero attached hydrogens (tertiary/aromatic N) is 1. The molecule has 2 aromatic carbocycles. The molecule has 0 spiro atoms. The van der Waals surface area contributed by atoms with Crippen LogP contribution in [-0.4, -0.2) is 41.9 Å². The van der Waals surface area contributed by atoms with E-state index in [-0.39, 0.29) is 47.8 Å². The minimum Gasteiger partial charge on any atom is -0.352 e. The first-order valence-electron chi connectivity index (χ1n) is 12.1. The largest absolute Gasteiger partial charge is 0.352 e. The third-order valence-corrected chi connectivity index (χ3v) is 6.45. The van der Waals surface area contributed by atoms with Crippen LogP contribution in [0.3, 0.4) is 0 Å². The van der Waals surface area contributed by atoms with Gasteiger partial charge in [0, 0.05) is 31.5 Å². The number of rotatable bonds is 9. The molecule has 0 aromatic heterocycles. The average Bonchev–Trinajstić information content (AvgIpc) is 2.81. The fourth-order valence-electron chi connectivity index (χ4n) is 4.54. The van der Waals surface area contributed by atoms with Crippen LogP contribution in [0.15, 0.2) is 48.5 Å². The molecule has 192 valence electrons. The maximum atomic E-state index is 13.4. The van der Waals surface area contributed by atoms with E-state index in [1.54, 1.807) is 24.3 Å². The Labute approximate surface area is 212 Å². The first-order chi connectivity index (χ1) is 16.2. The van der Waals surface area contributed by atoms with E-state index in [9.17, 15) is 18.4 Å². The minimum absolute atomic E-state index is 0. The van der Waals surface area contributed by atoms with Gasteiger partial charge in [0.25, 0.3) is 0 Å². The first-order valence-corrected chi connectivity index (χ1v) is 12.1. The molecule has 8 heteroatoms. The van der Waals surface area contributed by atoms with Crippen molar-refractivity contribution in [2.24, 2.45) is 11.7 Å². The van der Waals surface area contributed by atoms with Crippen LogP contribution in [0.1, 0.15) is 63.0 Å². The Morgan fingerprint density at radius 2 is 1.46 bits per heavy atom. The molecule has 0 aliphatic carbocycles. The Hall–Kier alpha value is -2.51. The number of nitrogens with one attached hydrogen (secondary N) is 1. The van der Waals surface area contributed by atoms with E-state index in [0.29, 0.717) is 51.1 Å². The number of piperidine rings is 1. The van der Waals surface area contributed by atoms with Gasteiger partial charge in [-0.1, -0.05) is 38.1 Å². The number of nitrogens with two attached hydrogens (primary N) is 1. The van der Waals surface area contributed by atoms with Crippen molar-refractivity contribution in [3.63, 3.8) is 0 Å². The van der Waals surface area contributed by atoms with Gasteiger partial charge in [-0.3, -0.25) is 9.59 Å². The summed E-state index contributed by atoms with van der Waals surface area (Å²) < 4.78 is 26.9. The van der Waals surface area contributed by atoms with Crippen molar-refractivity contribution in [1.82, 2.24) is 10.2 Å². The fraction of sp³-hybridized carbons (Fsp3) is 0.481. The second-order valence-corrected chi connectivity index (χ2v) is 9.59. The molecule has 1 heterocycles. The highest BCUT2D eigenvalue weighted by Gasteiger charge is 2.26. The van der Waals surface area contributed by atoms with Gasteiger partial charge in [-0.25, -0.2) is 8.78 Å². The molecule has 2 aromatic rings. The molecule has 3 N–H and O–H groups in total. The standard InChI is InChI=1S/C27H35F2N3O2.ClH/c1-18(2)17-25(30)27(34)31-23-13-15-32(16-14-23)26(33)12-11-24(19-3-7-21(28)8-4-19)20-5-9-22(29)10-6-20;/h3-10,18,23-25H,11-17,30H2,1-2H3,(H,31,34);1H. The van der Waals surface area contributed by atoms with E-state index in [1.807, 2.05) is 18.7 Å². The molecule has 0 bridgehead atoms. The molecular formula is C27H36ClF2N3O2. The van der Waals surface area contributed by atoms with E-state index in [2.05, 4.69) is 5.32 Å². The maximum Gasteiger partial charge on any atom is 0.237 e. The summed E-state index contributed by atoms with van der Waals surface area (Å²) in [5.74, 6) is -0.496. The van der Waals surface area contributed by atoms with Crippen LogP contribution in [-0.2, 0) is 9.59 Å². The Kier molecular flexibility index (Phi) is 11.1. The molecule has 1 fully saturated rings. The summed E-state index contributed by atoms with van der Waals surface area (Å²) in [6.45, 7) is 5.24. The van der Waals surface area contributed by atoms with Crippen molar-refractivity contribution in [2.75, 3.05) is 13.1 Å². The number of carbonyl (C=O) groups excluding carboxylic acids is 2. The molecule has 0 radical (unpaired) electrons. The summed E-state index contributed by atoms with van der Waals surface area (Å²) in [5, 5.41) is 3.02. The van der Waals surface area contributed by atoms with Gasteiger partial charge in [0.15, 0.2) is 0 Å². The molecule has 0 saturated carbocycles. The Morgan fingerprint density at radius 3 is 1.91 bits per heavy atom. The summed E-state index contributed by atoms with van der Waals surface area (Å²) in [7, 11) is 0. The summed E-state index contributed by atoms with van der Waals surface area (Å²) >= 11 is 0. The Balaban J connectivity index is 0.00000432. The normalized spacial score (nSPS) is 15.1. The number of hydrogen-bond acceptors (Lipinski definition) is 3. The van der Waals surface area contributed by atoms with Crippen molar-refractivity contribution in [3.8, 4) is 0 Å². The minimum atomic E-state index is -0.505. The first kappa shape index (κ1) is 28.7. The average molecular weight is 508 g/mol. The summed E-state index contributed by atoms with van der Waals surface area (Å²) in [4.78, 5) is 27.1. The molecule has 1 atom stereocenters.